The number of ether oxygens (including phenoxy) is 1. The van der Waals surface area contributed by atoms with E-state index in [0.29, 0.717) is 0 Å². The van der Waals surface area contributed by atoms with Crippen LogP contribution in [0.2, 0.25) is 0 Å². The summed E-state index contributed by atoms with van der Waals surface area (Å²) in [6.45, 7) is 2.25. The maximum atomic E-state index is 4.64. The minimum atomic E-state index is 0.988. The Kier molecular flexibility index (Phi) is 10.8. The van der Waals surface area contributed by atoms with Crippen LogP contribution in [-0.2, 0) is 4.74 Å². The van der Waals surface area contributed by atoms with Crippen LogP contribution in [0, 0.1) is 12.0 Å². The molecule has 0 saturated heterocycles. The van der Waals surface area contributed by atoms with E-state index in [1.807, 2.05) is 0 Å². The van der Waals surface area contributed by atoms with Crippen LogP contribution in [0.4, 0.5) is 0 Å². The molecule has 0 aliphatic carbocycles. The zero-order valence-corrected chi connectivity index (χ0v) is 9.07. The Balaban J connectivity index is 2.91. The molecule has 1 nitrogen and oxygen atoms in total. The van der Waals surface area contributed by atoms with Crippen LogP contribution in [0.15, 0.2) is 0 Å². The monoisotopic (exact) mass is 182 g/mol. The molecular formula is C12H22O. The first-order valence-corrected chi connectivity index (χ1v) is 5.42. The summed E-state index contributed by atoms with van der Waals surface area (Å²) in [5, 5.41) is 0. The van der Waals surface area contributed by atoms with Crippen molar-refractivity contribution in [3.8, 4) is 12.0 Å². The molecule has 0 atom stereocenters. The van der Waals surface area contributed by atoms with Gasteiger partial charge in [0.1, 0.15) is 6.11 Å². The molecule has 0 rings (SSSR count). The molecule has 0 saturated carbocycles. The zero-order chi connectivity index (χ0) is 9.78. The van der Waals surface area contributed by atoms with Gasteiger partial charge >= 0.3 is 0 Å². The molecule has 0 aliphatic heterocycles. The van der Waals surface area contributed by atoms with E-state index >= 15 is 0 Å². The number of hydrogen-bond acceptors (Lipinski definition) is 1. The zero-order valence-electron chi connectivity index (χ0n) is 9.07. The Bertz CT molecular complexity index is 141. The van der Waals surface area contributed by atoms with E-state index in [1.165, 1.54) is 44.9 Å². The van der Waals surface area contributed by atoms with E-state index in [2.05, 4.69) is 23.7 Å². The summed E-state index contributed by atoms with van der Waals surface area (Å²) in [7, 11) is 1.61. The second-order valence-electron chi connectivity index (χ2n) is 3.35. The Labute approximate surface area is 82.9 Å². The smallest absolute Gasteiger partial charge is 0.109 e. The van der Waals surface area contributed by atoms with Crippen molar-refractivity contribution in [3.63, 3.8) is 0 Å². The molecule has 0 bridgehead atoms. The number of methoxy groups -OCH3 is 1. The fourth-order valence-electron chi connectivity index (χ4n) is 1.29. The van der Waals surface area contributed by atoms with Crippen molar-refractivity contribution in [1.29, 1.82) is 0 Å². The highest BCUT2D eigenvalue weighted by Crippen LogP contribution is 2.07. The van der Waals surface area contributed by atoms with Gasteiger partial charge in [0.2, 0.25) is 0 Å². The van der Waals surface area contributed by atoms with Gasteiger partial charge < -0.3 is 4.74 Å². The Hall–Kier alpha value is -0.640. The van der Waals surface area contributed by atoms with E-state index in [4.69, 9.17) is 0 Å². The number of rotatable bonds is 7. The van der Waals surface area contributed by atoms with Crippen LogP contribution in [0.1, 0.15) is 58.3 Å². The predicted molar refractivity (Wildman–Crippen MR) is 57.4 cm³/mol. The number of unbranched alkanes of at least 4 members (excludes halogenated alkanes) is 7. The minimum Gasteiger partial charge on any atom is -0.450 e. The topological polar surface area (TPSA) is 9.23 Å². The highest BCUT2D eigenvalue weighted by atomic mass is 16.5. The molecule has 76 valence electrons. The summed E-state index contributed by atoms with van der Waals surface area (Å²) in [6, 6.07) is 0. The molecule has 0 unspecified atom stereocenters. The molecule has 0 spiro atoms. The van der Waals surface area contributed by atoms with E-state index in [1.54, 1.807) is 7.11 Å². The van der Waals surface area contributed by atoms with Gasteiger partial charge in [-0.2, -0.15) is 0 Å². The lowest BCUT2D eigenvalue weighted by Gasteiger charge is -1.97. The SMILES string of the molecule is CCCCCCCCCC#COC. The molecule has 0 aromatic heterocycles. The van der Waals surface area contributed by atoms with Gasteiger partial charge in [-0.3, -0.25) is 0 Å². The van der Waals surface area contributed by atoms with Gasteiger partial charge in [-0.15, -0.1) is 0 Å². The first-order valence-electron chi connectivity index (χ1n) is 5.42. The van der Waals surface area contributed by atoms with Crippen molar-refractivity contribution in [2.75, 3.05) is 7.11 Å². The van der Waals surface area contributed by atoms with Crippen molar-refractivity contribution < 1.29 is 4.74 Å². The van der Waals surface area contributed by atoms with E-state index < -0.39 is 0 Å². The molecular weight excluding hydrogens is 160 g/mol. The van der Waals surface area contributed by atoms with Gasteiger partial charge in [-0.05, 0) is 6.42 Å². The molecule has 0 heterocycles. The van der Waals surface area contributed by atoms with Gasteiger partial charge in [-0.1, -0.05) is 51.4 Å². The second kappa shape index (κ2) is 11.4. The lowest BCUT2D eigenvalue weighted by atomic mass is 10.1. The maximum Gasteiger partial charge on any atom is 0.109 e. The van der Waals surface area contributed by atoms with Crippen molar-refractivity contribution in [2.24, 2.45) is 0 Å². The molecule has 0 aliphatic rings. The molecule has 0 amide bonds. The molecule has 0 N–H and O–H groups in total. The van der Waals surface area contributed by atoms with Crippen LogP contribution >= 0.6 is 0 Å². The van der Waals surface area contributed by atoms with Crippen molar-refractivity contribution in [1.82, 2.24) is 0 Å². The first kappa shape index (κ1) is 12.4. The summed E-state index contributed by atoms with van der Waals surface area (Å²) in [5.41, 5.74) is 0. The van der Waals surface area contributed by atoms with Gasteiger partial charge in [-0.25, -0.2) is 0 Å². The summed E-state index contributed by atoms with van der Waals surface area (Å²) in [5.74, 6) is 2.96. The van der Waals surface area contributed by atoms with E-state index in [0.717, 1.165) is 6.42 Å². The Morgan fingerprint density at radius 1 is 0.923 bits per heavy atom. The van der Waals surface area contributed by atoms with Crippen molar-refractivity contribution in [2.45, 2.75) is 58.3 Å². The predicted octanol–water partition coefficient (Wildman–Crippen LogP) is 3.73. The van der Waals surface area contributed by atoms with Crippen molar-refractivity contribution >= 4 is 0 Å². The standard InChI is InChI=1S/C12H22O/c1-3-4-5-6-7-8-9-10-11-12-13-2/h3-10H2,1-2H3. The summed E-state index contributed by atoms with van der Waals surface area (Å²) in [4.78, 5) is 0. The fourth-order valence-corrected chi connectivity index (χ4v) is 1.29. The molecule has 0 fully saturated rings. The third-order valence-corrected chi connectivity index (χ3v) is 2.08. The van der Waals surface area contributed by atoms with Gasteiger partial charge in [0.15, 0.2) is 0 Å². The quantitative estimate of drug-likeness (QED) is 0.430. The highest BCUT2D eigenvalue weighted by molar-refractivity contribution is 4.90. The highest BCUT2D eigenvalue weighted by Gasteiger charge is 1.88. The third kappa shape index (κ3) is 11.4. The normalized spacial score (nSPS) is 9.08. The van der Waals surface area contributed by atoms with Crippen LogP contribution in [0.25, 0.3) is 0 Å². The lowest BCUT2D eigenvalue weighted by molar-refractivity contribution is 0.371. The Morgan fingerprint density at radius 2 is 1.54 bits per heavy atom. The molecule has 0 aromatic rings. The minimum absolute atomic E-state index is 0.988. The Morgan fingerprint density at radius 3 is 2.15 bits per heavy atom. The molecule has 13 heavy (non-hydrogen) atoms. The fraction of sp³-hybridized carbons (Fsp3) is 0.833. The van der Waals surface area contributed by atoms with Gasteiger partial charge in [0.05, 0.1) is 7.11 Å². The van der Waals surface area contributed by atoms with E-state index in [9.17, 15) is 0 Å². The molecule has 0 aromatic carbocycles. The summed E-state index contributed by atoms with van der Waals surface area (Å²) < 4.78 is 4.64. The molecule has 0 radical (unpaired) electrons. The van der Waals surface area contributed by atoms with Gasteiger partial charge in [0.25, 0.3) is 0 Å². The second-order valence-corrected chi connectivity index (χ2v) is 3.35. The van der Waals surface area contributed by atoms with Crippen LogP contribution in [0.3, 0.4) is 0 Å². The third-order valence-electron chi connectivity index (χ3n) is 2.08. The van der Waals surface area contributed by atoms with E-state index in [-0.39, 0.29) is 0 Å². The largest absolute Gasteiger partial charge is 0.450 e. The van der Waals surface area contributed by atoms with Crippen LogP contribution in [-0.4, -0.2) is 7.11 Å². The maximum absolute atomic E-state index is 4.64. The summed E-state index contributed by atoms with van der Waals surface area (Å²) in [6.07, 6.45) is 13.0. The average Bonchev–Trinajstić information content (AvgIpc) is 2.16. The summed E-state index contributed by atoms with van der Waals surface area (Å²) >= 11 is 0. The lowest BCUT2D eigenvalue weighted by Crippen LogP contribution is -1.79. The van der Waals surface area contributed by atoms with Crippen LogP contribution in [0.5, 0.6) is 0 Å². The number of hydrogen-bond donors (Lipinski definition) is 0. The first-order chi connectivity index (χ1) is 6.41. The average molecular weight is 182 g/mol. The van der Waals surface area contributed by atoms with Crippen LogP contribution < -0.4 is 0 Å². The van der Waals surface area contributed by atoms with Gasteiger partial charge in [0, 0.05) is 6.42 Å². The molecule has 1 heteroatoms. The van der Waals surface area contributed by atoms with Crippen molar-refractivity contribution in [3.05, 3.63) is 0 Å².